The number of piperidine rings is 1. The summed E-state index contributed by atoms with van der Waals surface area (Å²) in [5.74, 6) is -0.0445. The maximum Gasteiger partial charge on any atom is 0.272 e. The number of hydrogen-bond acceptors (Lipinski definition) is 4. The number of ether oxygens (including phenoxy) is 1. The highest BCUT2D eigenvalue weighted by atomic mass is 16.5. The van der Waals surface area contributed by atoms with Gasteiger partial charge >= 0.3 is 0 Å². The number of carbonyl (C=O) groups is 1. The van der Waals surface area contributed by atoms with Crippen molar-refractivity contribution in [2.75, 3.05) is 26.3 Å². The summed E-state index contributed by atoms with van der Waals surface area (Å²) in [5.41, 5.74) is 2.85. The molecule has 3 heterocycles. The van der Waals surface area contributed by atoms with E-state index in [2.05, 4.69) is 20.4 Å². The molecule has 0 bridgehead atoms. The van der Waals surface area contributed by atoms with Crippen LogP contribution < -0.4 is 5.32 Å². The van der Waals surface area contributed by atoms with Crippen molar-refractivity contribution in [3.8, 4) is 0 Å². The normalized spacial score (nSPS) is 28.7. The predicted molar refractivity (Wildman–Crippen MR) is 81.9 cm³/mol. The van der Waals surface area contributed by atoms with Crippen LogP contribution in [0.2, 0.25) is 0 Å². The first kappa shape index (κ1) is 14.2. The van der Waals surface area contributed by atoms with Crippen LogP contribution in [-0.2, 0) is 17.6 Å². The number of nitrogens with one attached hydrogen (secondary N) is 2. The third-order valence-corrected chi connectivity index (χ3v) is 5.25. The summed E-state index contributed by atoms with van der Waals surface area (Å²) >= 11 is 0. The van der Waals surface area contributed by atoms with Gasteiger partial charge in [0.25, 0.3) is 5.91 Å². The van der Waals surface area contributed by atoms with Gasteiger partial charge in [-0.3, -0.25) is 14.8 Å². The summed E-state index contributed by atoms with van der Waals surface area (Å²) in [6, 6.07) is 0.399. The fraction of sp³-hybridized carbons (Fsp3) is 0.750. The summed E-state index contributed by atoms with van der Waals surface area (Å²) in [4.78, 5) is 15.1. The highest BCUT2D eigenvalue weighted by Gasteiger charge is 2.35. The van der Waals surface area contributed by atoms with Crippen LogP contribution in [0.4, 0.5) is 0 Å². The number of amides is 1. The maximum absolute atomic E-state index is 12.6. The van der Waals surface area contributed by atoms with Crippen LogP contribution in [0.1, 0.15) is 47.4 Å². The SMILES string of the molecule is O=C(N[C@H]1COC[C@@H]1N1CCCCC1)c1n[nH]c2c1CCC2. The zero-order chi connectivity index (χ0) is 14.9. The van der Waals surface area contributed by atoms with E-state index in [1.165, 1.54) is 19.3 Å². The van der Waals surface area contributed by atoms with Crippen molar-refractivity contribution in [3.05, 3.63) is 17.0 Å². The minimum Gasteiger partial charge on any atom is -0.378 e. The molecule has 4 rings (SSSR count). The molecule has 0 radical (unpaired) electrons. The van der Waals surface area contributed by atoms with Gasteiger partial charge in [-0.2, -0.15) is 5.10 Å². The van der Waals surface area contributed by atoms with E-state index in [1.54, 1.807) is 0 Å². The summed E-state index contributed by atoms with van der Waals surface area (Å²) in [6.07, 6.45) is 6.92. The Morgan fingerprint density at radius 2 is 2.05 bits per heavy atom. The van der Waals surface area contributed by atoms with Gasteiger partial charge in [-0.05, 0) is 45.2 Å². The Bertz CT molecular complexity index is 550. The first-order valence-electron chi connectivity index (χ1n) is 8.51. The molecule has 2 saturated heterocycles. The Morgan fingerprint density at radius 1 is 1.18 bits per heavy atom. The summed E-state index contributed by atoms with van der Waals surface area (Å²) < 4.78 is 5.65. The van der Waals surface area contributed by atoms with Crippen LogP contribution in [0.15, 0.2) is 0 Å². The molecule has 120 valence electrons. The van der Waals surface area contributed by atoms with Crippen molar-refractivity contribution in [2.45, 2.75) is 50.6 Å². The number of rotatable bonds is 3. The average molecular weight is 304 g/mol. The van der Waals surface area contributed by atoms with E-state index in [9.17, 15) is 4.79 Å². The van der Waals surface area contributed by atoms with E-state index in [4.69, 9.17) is 4.74 Å². The molecule has 1 aliphatic carbocycles. The Labute approximate surface area is 130 Å². The lowest BCUT2D eigenvalue weighted by atomic mass is 10.0. The van der Waals surface area contributed by atoms with Gasteiger partial charge in [0.15, 0.2) is 5.69 Å². The number of fused-ring (bicyclic) bond motifs is 1. The van der Waals surface area contributed by atoms with Crippen LogP contribution in [-0.4, -0.2) is 59.4 Å². The van der Waals surface area contributed by atoms with E-state index in [0.717, 1.165) is 50.2 Å². The van der Waals surface area contributed by atoms with E-state index >= 15 is 0 Å². The van der Waals surface area contributed by atoms with Crippen LogP contribution in [0, 0.1) is 0 Å². The van der Waals surface area contributed by atoms with Gasteiger partial charge in [0.05, 0.1) is 25.3 Å². The van der Waals surface area contributed by atoms with Crippen molar-refractivity contribution >= 4 is 5.91 Å². The lowest BCUT2D eigenvalue weighted by Gasteiger charge is -2.34. The van der Waals surface area contributed by atoms with Crippen LogP contribution in [0.3, 0.4) is 0 Å². The molecule has 0 spiro atoms. The van der Waals surface area contributed by atoms with Gasteiger partial charge in [0, 0.05) is 11.3 Å². The number of hydrogen-bond donors (Lipinski definition) is 2. The first-order valence-corrected chi connectivity index (χ1v) is 8.51. The molecule has 6 heteroatoms. The number of H-pyrrole nitrogens is 1. The third-order valence-electron chi connectivity index (χ3n) is 5.25. The second kappa shape index (κ2) is 6.01. The van der Waals surface area contributed by atoms with E-state index in [0.29, 0.717) is 18.3 Å². The fourth-order valence-electron chi connectivity index (χ4n) is 4.03. The highest BCUT2D eigenvalue weighted by molar-refractivity contribution is 5.94. The zero-order valence-electron chi connectivity index (χ0n) is 12.9. The first-order chi connectivity index (χ1) is 10.8. The predicted octanol–water partition coefficient (Wildman–Crippen LogP) is 0.881. The number of aryl methyl sites for hydroxylation is 1. The Kier molecular flexibility index (Phi) is 3.88. The Balaban J connectivity index is 1.44. The fourth-order valence-corrected chi connectivity index (χ4v) is 4.03. The quantitative estimate of drug-likeness (QED) is 0.870. The van der Waals surface area contributed by atoms with Crippen molar-refractivity contribution in [3.63, 3.8) is 0 Å². The standard InChI is InChI=1S/C16H24N4O2/c21-16(15-11-5-4-6-12(11)18-19-15)17-13-9-22-10-14(13)20-7-2-1-3-8-20/h13-14H,1-10H2,(H,17,21)(H,18,19)/t13-,14-/m0/s1. The zero-order valence-corrected chi connectivity index (χ0v) is 12.9. The van der Waals surface area contributed by atoms with Gasteiger partial charge < -0.3 is 10.1 Å². The number of nitrogens with zero attached hydrogens (tertiary/aromatic N) is 2. The van der Waals surface area contributed by atoms with Gasteiger partial charge in [-0.1, -0.05) is 6.42 Å². The molecule has 1 aromatic heterocycles. The molecule has 2 fully saturated rings. The van der Waals surface area contributed by atoms with Gasteiger partial charge in [0.1, 0.15) is 0 Å². The molecule has 6 nitrogen and oxygen atoms in total. The summed E-state index contributed by atoms with van der Waals surface area (Å²) in [5, 5.41) is 10.4. The Hall–Kier alpha value is -1.40. The molecule has 1 amide bonds. The molecular formula is C16H24N4O2. The van der Waals surface area contributed by atoms with Gasteiger partial charge in [-0.15, -0.1) is 0 Å². The largest absolute Gasteiger partial charge is 0.378 e. The lowest BCUT2D eigenvalue weighted by molar-refractivity contribution is 0.0894. The molecular weight excluding hydrogens is 280 g/mol. The highest BCUT2D eigenvalue weighted by Crippen LogP contribution is 2.23. The smallest absolute Gasteiger partial charge is 0.272 e. The van der Waals surface area contributed by atoms with Crippen LogP contribution in [0.5, 0.6) is 0 Å². The summed E-state index contributed by atoms with van der Waals surface area (Å²) in [6.45, 7) is 3.58. The average Bonchev–Trinajstić information content (AvgIpc) is 3.24. The van der Waals surface area contributed by atoms with E-state index in [-0.39, 0.29) is 11.9 Å². The van der Waals surface area contributed by atoms with Gasteiger partial charge in [0.2, 0.25) is 0 Å². The van der Waals surface area contributed by atoms with Crippen molar-refractivity contribution in [1.29, 1.82) is 0 Å². The minimum absolute atomic E-state index is 0.0445. The van der Waals surface area contributed by atoms with Crippen molar-refractivity contribution < 1.29 is 9.53 Å². The van der Waals surface area contributed by atoms with E-state index in [1.807, 2.05) is 0 Å². The molecule has 2 N–H and O–H groups in total. The molecule has 0 aromatic carbocycles. The number of carbonyl (C=O) groups excluding carboxylic acids is 1. The topological polar surface area (TPSA) is 70.2 Å². The molecule has 0 unspecified atom stereocenters. The third kappa shape index (κ3) is 2.54. The Morgan fingerprint density at radius 3 is 2.91 bits per heavy atom. The minimum atomic E-state index is -0.0445. The molecule has 2 atom stereocenters. The second-order valence-corrected chi connectivity index (χ2v) is 6.66. The molecule has 0 saturated carbocycles. The number of aromatic amines is 1. The van der Waals surface area contributed by atoms with Crippen molar-refractivity contribution in [2.24, 2.45) is 0 Å². The molecule has 2 aliphatic heterocycles. The van der Waals surface area contributed by atoms with Crippen LogP contribution in [0.25, 0.3) is 0 Å². The second-order valence-electron chi connectivity index (χ2n) is 6.66. The van der Waals surface area contributed by atoms with Gasteiger partial charge in [-0.25, -0.2) is 0 Å². The molecule has 22 heavy (non-hydrogen) atoms. The summed E-state index contributed by atoms with van der Waals surface area (Å²) in [7, 11) is 0. The lowest BCUT2D eigenvalue weighted by Crippen LogP contribution is -2.52. The number of aromatic nitrogens is 2. The van der Waals surface area contributed by atoms with E-state index < -0.39 is 0 Å². The maximum atomic E-state index is 12.6. The molecule has 1 aromatic rings. The number of likely N-dealkylation sites (tertiary alicyclic amines) is 1. The monoisotopic (exact) mass is 304 g/mol. The van der Waals surface area contributed by atoms with Crippen molar-refractivity contribution in [1.82, 2.24) is 20.4 Å². The van der Waals surface area contributed by atoms with Crippen LogP contribution >= 0.6 is 0 Å². The molecule has 3 aliphatic rings.